The molecule has 0 N–H and O–H groups in total. The quantitative estimate of drug-likeness (QED) is 0.589. The number of nitrogens with zero attached hydrogens (tertiary/aromatic N) is 2. The highest BCUT2D eigenvalue weighted by Crippen LogP contribution is 2.20. The Kier molecular flexibility index (Phi) is 2.32. The summed E-state index contributed by atoms with van der Waals surface area (Å²) in [5.74, 6) is 0. The summed E-state index contributed by atoms with van der Waals surface area (Å²) in [7, 11) is -3.36. The summed E-state index contributed by atoms with van der Waals surface area (Å²) < 4.78 is 22.7. The highest BCUT2D eigenvalue weighted by atomic mass is 32.2. The first-order valence-electron chi connectivity index (χ1n) is 4.12. The maximum atomic E-state index is 11.8. The van der Waals surface area contributed by atoms with Crippen molar-refractivity contribution >= 4 is 21.2 Å². The first-order chi connectivity index (χ1) is 5.75. The van der Waals surface area contributed by atoms with Gasteiger partial charge in [-0.15, -0.1) is 0 Å². The molecule has 0 amide bonds. The van der Waals surface area contributed by atoms with Crippen molar-refractivity contribution in [3.05, 3.63) is 0 Å². The number of rotatable bonds is 0. The van der Waals surface area contributed by atoms with E-state index < -0.39 is 14.6 Å². The Hall–Kier alpha value is -0.710. The van der Waals surface area contributed by atoms with Gasteiger partial charge in [-0.05, 0) is 27.7 Å². The molecule has 0 aromatic heterocycles. The maximum absolute atomic E-state index is 11.8. The van der Waals surface area contributed by atoms with Crippen molar-refractivity contribution in [2.75, 3.05) is 0 Å². The van der Waals surface area contributed by atoms with Crippen LogP contribution in [0.2, 0.25) is 0 Å². The summed E-state index contributed by atoms with van der Waals surface area (Å²) in [6.07, 6.45) is 1.54. The van der Waals surface area contributed by atoms with Crippen molar-refractivity contribution in [3.8, 4) is 0 Å². The molecular weight excluding hydrogens is 188 g/mol. The summed E-state index contributed by atoms with van der Waals surface area (Å²) in [6, 6.07) is -0.118. The van der Waals surface area contributed by atoms with E-state index in [2.05, 4.69) is 9.98 Å². The zero-order valence-corrected chi connectivity index (χ0v) is 9.09. The van der Waals surface area contributed by atoms with Gasteiger partial charge in [-0.25, -0.2) is 18.4 Å². The topological polar surface area (TPSA) is 58.9 Å². The number of amidine groups is 1. The zero-order valence-electron chi connectivity index (χ0n) is 8.27. The Morgan fingerprint density at radius 2 is 1.92 bits per heavy atom. The smallest absolute Gasteiger partial charge is 0.243 e. The van der Waals surface area contributed by atoms with Gasteiger partial charge in [0.2, 0.25) is 15.0 Å². The summed E-state index contributed by atoms with van der Waals surface area (Å²) in [4.78, 5) is 7.72. The van der Waals surface area contributed by atoms with Crippen LogP contribution in [0.15, 0.2) is 9.98 Å². The predicted molar refractivity (Wildman–Crippen MR) is 54.1 cm³/mol. The number of hydrogen-bond donors (Lipinski definition) is 0. The van der Waals surface area contributed by atoms with Gasteiger partial charge in [-0.3, -0.25) is 0 Å². The Labute approximate surface area is 78.7 Å². The molecule has 0 radical (unpaired) electrons. The van der Waals surface area contributed by atoms with E-state index in [9.17, 15) is 8.42 Å². The SMILES string of the molecule is CC1C=NC(S(=O)(=O)C(C)(C)C)=N1. The van der Waals surface area contributed by atoms with Gasteiger partial charge in [0.15, 0.2) is 0 Å². The van der Waals surface area contributed by atoms with Crippen LogP contribution in [0.1, 0.15) is 27.7 Å². The third-order valence-corrected chi connectivity index (χ3v) is 4.07. The molecular formula is C8H14N2O2S. The molecule has 0 aliphatic carbocycles. The van der Waals surface area contributed by atoms with E-state index in [4.69, 9.17) is 0 Å². The standard InChI is InChI=1S/C8H14N2O2S/c1-6-5-9-7(10-6)13(11,12)8(2,3)4/h5-6H,1-4H3. The number of aliphatic imine (C=N–C) groups is 2. The van der Waals surface area contributed by atoms with E-state index >= 15 is 0 Å². The van der Waals surface area contributed by atoms with Gasteiger partial charge >= 0.3 is 0 Å². The molecule has 1 atom stereocenters. The van der Waals surface area contributed by atoms with Crippen molar-refractivity contribution < 1.29 is 8.42 Å². The molecule has 0 bridgehead atoms. The first-order valence-corrected chi connectivity index (χ1v) is 5.60. The van der Waals surface area contributed by atoms with Gasteiger partial charge in [-0.1, -0.05) is 0 Å². The average Bonchev–Trinajstić information content (AvgIpc) is 2.33. The Morgan fingerprint density at radius 1 is 1.38 bits per heavy atom. The van der Waals surface area contributed by atoms with Crippen molar-refractivity contribution in [1.29, 1.82) is 0 Å². The second-order valence-corrected chi connectivity index (χ2v) is 6.64. The molecule has 0 fully saturated rings. The Balaban J connectivity index is 3.11. The Morgan fingerprint density at radius 3 is 2.23 bits per heavy atom. The molecule has 0 aromatic carbocycles. The minimum atomic E-state index is -3.36. The van der Waals surface area contributed by atoms with Crippen LogP contribution in [0, 0.1) is 0 Å². The normalized spacial score (nSPS) is 23.4. The lowest BCUT2D eigenvalue weighted by Gasteiger charge is -2.17. The molecule has 74 valence electrons. The highest BCUT2D eigenvalue weighted by Gasteiger charge is 2.35. The van der Waals surface area contributed by atoms with Crippen LogP contribution < -0.4 is 0 Å². The zero-order chi connectivity index (χ0) is 10.3. The van der Waals surface area contributed by atoms with Crippen LogP contribution in [0.25, 0.3) is 0 Å². The van der Waals surface area contributed by atoms with E-state index in [1.165, 1.54) is 0 Å². The van der Waals surface area contributed by atoms with Gasteiger partial charge in [-0.2, -0.15) is 0 Å². The number of sulfone groups is 1. The van der Waals surface area contributed by atoms with Crippen LogP contribution >= 0.6 is 0 Å². The molecule has 1 rings (SSSR count). The Bertz CT molecular complexity index is 360. The number of hydrogen-bond acceptors (Lipinski definition) is 4. The molecule has 0 aromatic rings. The second-order valence-electron chi connectivity index (χ2n) is 4.05. The monoisotopic (exact) mass is 202 g/mol. The fraction of sp³-hybridized carbons (Fsp3) is 0.750. The first kappa shape index (κ1) is 10.4. The molecule has 1 heterocycles. The molecule has 0 saturated carbocycles. The molecule has 0 spiro atoms. The van der Waals surface area contributed by atoms with Crippen LogP contribution in [0.4, 0.5) is 0 Å². The summed E-state index contributed by atoms with van der Waals surface area (Å²) in [5, 5.41) is -0.0347. The van der Waals surface area contributed by atoms with E-state index in [1.807, 2.05) is 0 Å². The largest absolute Gasteiger partial charge is 0.248 e. The lowest BCUT2D eigenvalue weighted by Crippen LogP contribution is -2.33. The van der Waals surface area contributed by atoms with E-state index in [0.717, 1.165) is 0 Å². The van der Waals surface area contributed by atoms with Crippen molar-refractivity contribution in [2.24, 2.45) is 9.98 Å². The maximum Gasteiger partial charge on any atom is 0.243 e. The minimum absolute atomic E-state index is 0.0347. The molecule has 0 saturated heterocycles. The van der Waals surface area contributed by atoms with Gasteiger partial charge in [0.1, 0.15) is 0 Å². The summed E-state index contributed by atoms with van der Waals surface area (Å²) >= 11 is 0. The molecule has 1 unspecified atom stereocenters. The van der Waals surface area contributed by atoms with Crippen molar-refractivity contribution in [1.82, 2.24) is 0 Å². The summed E-state index contributed by atoms with van der Waals surface area (Å²) in [5.41, 5.74) is 0. The molecule has 4 nitrogen and oxygen atoms in total. The van der Waals surface area contributed by atoms with Gasteiger partial charge in [0.05, 0.1) is 10.8 Å². The average molecular weight is 202 g/mol. The van der Waals surface area contributed by atoms with E-state index in [1.54, 1.807) is 33.9 Å². The van der Waals surface area contributed by atoms with Crippen LogP contribution in [-0.2, 0) is 9.84 Å². The van der Waals surface area contributed by atoms with Crippen molar-refractivity contribution in [3.63, 3.8) is 0 Å². The molecule has 1 aliphatic rings. The predicted octanol–water partition coefficient (Wildman–Crippen LogP) is 1.03. The van der Waals surface area contributed by atoms with Gasteiger partial charge < -0.3 is 0 Å². The van der Waals surface area contributed by atoms with Gasteiger partial charge in [0.25, 0.3) is 0 Å². The fourth-order valence-corrected chi connectivity index (χ4v) is 1.88. The van der Waals surface area contributed by atoms with E-state index in [0.29, 0.717) is 0 Å². The molecule has 5 heteroatoms. The third kappa shape index (κ3) is 1.80. The minimum Gasteiger partial charge on any atom is -0.248 e. The fourth-order valence-electron chi connectivity index (χ4n) is 0.825. The van der Waals surface area contributed by atoms with E-state index in [-0.39, 0.29) is 11.2 Å². The summed E-state index contributed by atoms with van der Waals surface area (Å²) in [6.45, 7) is 6.73. The van der Waals surface area contributed by atoms with Gasteiger partial charge in [0, 0.05) is 6.21 Å². The van der Waals surface area contributed by atoms with Crippen LogP contribution in [-0.4, -0.2) is 30.6 Å². The second kappa shape index (κ2) is 2.90. The lowest BCUT2D eigenvalue weighted by molar-refractivity contribution is 0.572. The van der Waals surface area contributed by atoms with Crippen LogP contribution in [0.5, 0.6) is 0 Å². The third-order valence-electron chi connectivity index (χ3n) is 1.76. The highest BCUT2D eigenvalue weighted by molar-refractivity contribution is 8.07. The lowest BCUT2D eigenvalue weighted by atomic mass is 10.3. The van der Waals surface area contributed by atoms with Crippen LogP contribution in [0.3, 0.4) is 0 Å². The van der Waals surface area contributed by atoms with Crippen molar-refractivity contribution in [2.45, 2.75) is 38.5 Å². The molecule has 13 heavy (non-hydrogen) atoms. The molecule has 1 aliphatic heterocycles.